The van der Waals surface area contributed by atoms with E-state index in [4.69, 9.17) is 68.2 Å². The number of H-pyrrole nitrogens is 2. The Morgan fingerprint density at radius 2 is 1.47 bits per heavy atom. The van der Waals surface area contributed by atoms with Crippen molar-refractivity contribution in [3.05, 3.63) is 113 Å². The van der Waals surface area contributed by atoms with Crippen LogP contribution >= 0.6 is 60.0 Å². The van der Waals surface area contributed by atoms with Crippen molar-refractivity contribution in [3.63, 3.8) is 0 Å². The first kappa shape index (κ1) is 53.4. The summed E-state index contributed by atoms with van der Waals surface area (Å²) in [7, 11) is 4.12. The lowest BCUT2D eigenvalue weighted by Gasteiger charge is -2.13. The van der Waals surface area contributed by atoms with Crippen molar-refractivity contribution in [1.29, 1.82) is 0 Å². The fourth-order valence-electron chi connectivity index (χ4n) is 6.86. The summed E-state index contributed by atoms with van der Waals surface area (Å²) in [4.78, 5) is 31.0. The average molecular weight is 993 g/mol. The molecule has 0 saturated heterocycles. The number of nitrogens with one attached hydrogen (secondary N) is 2. The number of carboxylic acid groups (broad SMARTS) is 1. The minimum atomic E-state index is -0.997. The first-order valence-electron chi connectivity index (χ1n) is 19.4. The highest BCUT2D eigenvalue weighted by atomic mass is 35.5. The van der Waals surface area contributed by atoms with Crippen LogP contribution in [0.4, 0.5) is 17.6 Å². The van der Waals surface area contributed by atoms with Crippen LogP contribution in [0.25, 0.3) is 0 Å². The van der Waals surface area contributed by atoms with Crippen LogP contribution in [0.3, 0.4) is 0 Å². The second kappa shape index (κ2) is 25.0. The van der Waals surface area contributed by atoms with Crippen molar-refractivity contribution in [2.45, 2.75) is 77.8 Å². The third-order valence-corrected chi connectivity index (χ3v) is 10.8. The van der Waals surface area contributed by atoms with Gasteiger partial charge in [-0.2, -0.15) is 4.98 Å². The third-order valence-electron chi connectivity index (χ3n) is 9.57. The van der Waals surface area contributed by atoms with Crippen LogP contribution in [-0.2, 0) is 43.6 Å². The topological polar surface area (TPSA) is 204 Å². The van der Waals surface area contributed by atoms with Crippen LogP contribution in [0, 0.1) is 39.7 Å². The normalized spacial score (nSPS) is 14.7. The lowest BCUT2D eigenvalue weighted by atomic mass is 9.95. The zero-order chi connectivity index (χ0) is 46.5. The van der Waals surface area contributed by atoms with E-state index in [-0.39, 0.29) is 51.8 Å². The molecule has 2 atom stereocenters. The van der Waals surface area contributed by atoms with Gasteiger partial charge in [-0.3, -0.25) is 4.79 Å². The number of halogens is 7. The molecule has 0 radical (unpaired) electrons. The van der Waals surface area contributed by atoms with E-state index >= 15 is 0 Å². The standard InChI is InChI=1S/C16H13ClF2N4OS.C14H11ClF2N2O2S.C8H17N3.C2H6N2O.ClH/c1-7-20-13(24-22-7)5-11-12-4-8(6-23(12)16(25)21-11)14-10(18)3-2-9(17)15(14)19;15-7-1-2-8(16)12(13(7)17)6-3-10-9(4-11(20)21)18-14(22)19(10)5-6;1-4-9-8-10-6-5-7-11(2)3;1-2(3)4-5;/h2-3,8H,4-6H2,1H3,(H,21,25);1-2,6H,3-5H2,(H,18,22)(H,20,21);4-7H2,1-3H3;5H,1H3,(H2,3,4);1H/t8-;6-;;;/m11.../s1. The maximum absolute atomic E-state index is 14.3. The van der Waals surface area contributed by atoms with E-state index in [9.17, 15) is 22.4 Å². The molecule has 6 N–H and O–H groups in total. The summed E-state index contributed by atoms with van der Waals surface area (Å²) in [5.74, 6) is -3.37. The molecule has 0 aliphatic carbocycles. The molecule has 0 bridgehead atoms. The van der Waals surface area contributed by atoms with Gasteiger partial charge >= 0.3 is 5.97 Å². The maximum atomic E-state index is 14.3. The SMILES string of the molecule is CC(N)=NO.CCN=C=NCCCN(C)C.Cc1noc(Cc2[nH]c(=S)n3c2C[C@@H](c2c(F)ccc(Cl)c2F)C3)n1.Cl.O=C(O)Cc1[nH]c(=S)n2c1C[C@@H](c1c(F)ccc(Cl)c1F)C2. The number of hydrogen-bond acceptors (Lipinski definition) is 11. The summed E-state index contributed by atoms with van der Waals surface area (Å²) in [5, 5.41) is 22.6. The van der Waals surface area contributed by atoms with Crippen molar-refractivity contribution in [2.24, 2.45) is 20.9 Å². The minimum absolute atomic E-state index is 0. The molecule has 0 amide bonds. The second-order valence-electron chi connectivity index (χ2n) is 14.6. The van der Waals surface area contributed by atoms with Gasteiger partial charge in [0, 0.05) is 65.4 Å². The van der Waals surface area contributed by atoms with Gasteiger partial charge in [-0.25, -0.2) is 27.5 Å². The number of aliphatic imine (C=N–C) groups is 2. The first-order valence-corrected chi connectivity index (χ1v) is 21.0. The molecule has 0 unspecified atom stereocenters. The monoisotopic (exact) mass is 991 g/mol. The summed E-state index contributed by atoms with van der Waals surface area (Å²) < 4.78 is 66.2. The molecule has 348 valence electrons. The number of hydrogen-bond donors (Lipinski definition) is 5. The molecule has 24 heteroatoms. The van der Waals surface area contributed by atoms with Gasteiger partial charge in [0.25, 0.3) is 0 Å². The second-order valence-corrected chi connectivity index (χ2v) is 16.2. The molecule has 64 heavy (non-hydrogen) atoms. The predicted molar refractivity (Wildman–Crippen MR) is 243 cm³/mol. The summed E-state index contributed by atoms with van der Waals surface area (Å²) in [5.41, 5.74) is 7.58. The molecule has 0 fully saturated rings. The maximum Gasteiger partial charge on any atom is 0.309 e. The fraction of sp³-hybridized carbons (Fsp3) is 0.425. The van der Waals surface area contributed by atoms with E-state index in [1.165, 1.54) is 25.1 Å². The van der Waals surface area contributed by atoms with Crippen molar-refractivity contribution >= 4 is 77.9 Å². The number of aliphatic carboxylic acids is 1. The predicted octanol–water partition coefficient (Wildman–Crippen LogP) is 8.85. The van der Waals surface area contributed by atoms with E-state index in [0.717, 1.165) is 43.5 Å². The Morgan fingerprint density at radius 1 is 0.969 bits per heavy atom. The number of oxime groups is 1. The Hall–Kier alpha value is -4.89. The van der Waals surface area contributed by atoms with E-state index in [1.807, 2.05) is 11.5 Å². The lowest BCUT2D eigenvalue weighted by molar-refractivity contribution is -0.136. The van der Waals surface area contributed by atoms with Gasteiger partial charge in [0.1, 0.15) is 29.1 Å². The zero-order valence-corrected chi connectivity index (χ0v) is 39.4. The largest absolute Gasteiger partial charge is 0.481 e. The number of carbonyl (C=O) groups is 1. The quantitative estimate of drug-likeness (QED) is 0.0124. The molecular formula is C40H48Cl3F4N11O4S2. The Kier molecular flexibility index (Phi) is 20.9. The Bertz CT molecular complexity index is 2600. The third kappa shape index (κ3) is 14.3. The molecule has 2 aromatic carbocycles. The molecule has 0 saturated carbocycles. The zero-order valence-electron chi connectivity index (χ0n) is 35.4. The first-order chi connectivity index (χ1) is 29.9. The van der Waals surface area contributed by atoms with Gasteiger partial charge in [0.05, 0.1) is 35.4 Å². The van der Waals surface area contributed by atoms with Gasteiger partial charge < -0.3 is 44.6 Å². The van der Waals surface area contributed by atoms with E-state index < -0.39 is 35.2 Å². The van der Waals surface area contributed by atoms with Crippen LogP contribution in [0.1, 0.15) is 77.7 Å². The number of imidazole rings is 2. The number of aryl methyl sites for hydroxylation is 1. The highest BCUT2D eigenvalue weighted by Gasteiger charge is 2.33. The van der Waals surface area contributed by atoms with Gasteiger partial charge in [-0.15, -0.1) is 12.4 Å². The van der Waals surface area contributed by atoms with Crippen molar-refractivity contribution in [3.8, 4) is 0 Å². The fourth-order valence-corrected chi connectivity index (χ4v) is 7.81. The molecule has 2 aliphatic rings. The average Bonchev–Trinajstić information content (AvgIpc) is 4.05. The number of nitrogens with two attached hydrogens (primary N) is 1. The van der Waals surface area contributed by atoms with Crippen molar-refractivity contribution in [1.82, 2.24) is 34.1 Å². The summed E-state index contributed by atoms with van der Waals surface area (Å²) in [6.45, 7) is 8.58. The van der Waals surface area contributed by atoms with Crippen LogP contribution < -0.4 is 5.73 Å². The van der Waals surface area contributed by atoms with Crippen molar-refractivity contribution in [2.75, 3.05) is 33.7 Å². The summed E-state index contributed by atoms with van der Waals surface area (Å²) in [6.07, 6.45) is 2.02. The van der Waals surface area contributed by atoms with Crippen LogP contribution in [0.2, 0.25) is 10.0 Å². The van der Waals surface area contributed by atoms with E-state index in [0.29, 0.717) is 65.0 Å². The Morgan fingerprint density at radius 3 is 1.91 bits per heavy atom. The summed E-state index contributed by atoms with van der Waals surface area (Å²) in [6, 6.07) is 7.36. The highest BCUT2D eigenvalue weighted by molar-refractivity contribution is 7.71. The number of carboxylic acids is 1. The van der Waals surface area contributed by atoms with Crippen molar-refractivity contribution < 1.29 is 37.2 Å². The molecule has 5 aromatic rings. The smallest absolute Gasteiger partial charge is 0.309 e. The number of aromatic amines is 2. The van der Waals surface area contributed by atoms with Gasteiger partial charge in [-0.05, 0) is 109 Å². The lowest BCUT2D eigenvalue weighted by Crippen LogP contribution is -2.13. The van der Waals surface area contributed by atoms with E-state index in [1.54, 1.807) is 11.5 Å². The number of nitrogens with zero attached hydrogens (tertiary/aromatic N) is 8. The van der Waals surface area contributed by atoms with Gasteiger partial charge in [-0.1, -0.05) is 33.5 Å². The number of amidine groups is 1. The van der Waals surface area contributed by atoms with Crippen LogP contribution in [0.15, 0.2) is 43.9 Å². The highest BCUT2D eigenvalue weighted by Crippen LogP contribution is 2.38. The summed E-state index contributed by atoms with van der Waals surface area (Å²) >= 11 is 22.0. The van der Waals surface area contributed by atoms with Crippen LogP contribution in [-0.4, -0.2) is 96.0 Å². The number of aromatic nitrogens is 6. The number of rotatable bonds is 11. The molecular weight excluding hydrogens is 945 g/mol. The number of fused-ring (bicyclic) bond motifs is 2. The molecule has 5 heterocycles. The molecule has 7 rings (SSSR count). The Labute approximate surface area is 392 Å². The molecule has 15 nitrogen and oxygen atoms in total. The van der Waals surface area contributed by atoms with E-state index in [2.05, 4.69) is 60.3 Å². The number of benzene rings is 2. The molecule has 2 aliphatic heterocycles. The van der Waals surface area contributed by atoms with Crippen LogP contribution in [0.5, 0.6) is 0 Å². The van der Waals surface area contributed by atoms with Gasteiger partial charge in [0.15, 0.2) is 15.4 Å². The van der Waals surface area contributed by atoms with Gasteiger partial charge in [0.2, 0.25) is 5.89 Å². The molecule has 3 aromatic heterocycles. The minimum Gasteiger partial charge on any atom is -0.481 e. The Balaban J connectivity index is 0.000000255. The molecule has 0 spiro atoms.